The molecular weight excluding hydrogens is 209 g/mol. The molecule has 0 radical (unpaired) electrons. The number of likely N-dealkylation sites (N-methyl/N-ethyl adjacent to an activating group) is 1. The number of hydrogen-bond donors (Lipinski definition) is 1. The quantitative estimate of drug-likeness (QED) is 0.798. The number of ketones is 1. The van der Waals surface area contributed by atoms with E-state index in [9.17, 15) is 9.18 Å². The van der Waals surface area contributed by atoms with Crippen LogP contribution in [-0.4, -0.2) is 41.3 Å². The SMILES string of the molecule is CN(C)CC(=O)c1nc2ccc(F)cc2[nH]1. The average molecular weight is 221 g/mol. The summed E-state index contributed by atoms with van der Waals surface area (Å²) in [6, 6.07) is 4.20. The van der Waals surface area contributed by atoms with Gasteiger partial charge in [-0.05, 0) is 32.3 Å². The average Bonchev–Trinajstić information content (AvgIpc) is 2.59. The van der Waals surface area contributed by atoms with Crippen molar-refractivity contribution in [3.63, 3.8) is 0 Å². The van der Waals surface area contributed by atoms with E-state index in [-0.39, 0.29) is 24.0 Å². The van der Waals surface area contributed by atoms with E-state index in [1.807, 2.05) is 0 Å². The highest BCUT2D eigenvalue weighted by atomic mass is 19.1. The number of nitrogens with one attached hydrogen (secondary N) is 1. The van der Waals surface area contributed by atoms with E-state index in [0.29, 0.717) is 11.0 Å². The first-order valence-corrected chi connectivity index (χ1v) is 4.89. The monoisotopic (exact) mass is 221 g/mol. The number of carbonyl (C=O) groups excluding carboxylic acids is 1. The fraction of sp³-hybridized carbons (Fsp3) is 0.273. The summed E-state index contributed by atoms with van der Waals surface area (Å²) in [5, 5.41) is 0. The third-order valence-corrected chi connectivity index (χ3v) is 2.17. The van der Waals surface area contributed by atoms with Crippen molar-refractivity contribution in [2.75, 3.05) is 20.6 Å². The Kier molecular flexibility index (Phi) is 2.70. The molecule has 0 bridgehead atoms. The van der Waals surface area contributed by atoms with Crippen LogP contribution in [0, 0.1) is 5.82 Å². The molecule has 0 aliphatic carbocycles. The van der Waals surface area contributed by atoms with Gasteiger partial charge in [-0.1, -0.05) is 0 Å². The molecule has 0 aliphatic rings. The molecule has 5 heteroatoms. The van der Waals surface area contributed by atoms with Crippen LogP contribution in [0.15, 0.2) is 18.2 Å². The molecule has 0 aliphatic heterocycles. The molecule has 1 aromatic carbocycles. The van der Waals surface area contributed by atoms with Crippen LogP contribution in [-0.2, 0) is 0 Å². The zero-order chi connectivity index (χ0) is 11.7. The number of halogens is 1. The second-order valence-corrected chi connectivity index (χ2v) is 3.91. The fourth-order valence-corrected chi connectivity index (χ4v) is 1.48. The molecule has 0 saturated heterocycles. The summed E-state index contributed by atoms with van der Waals surface area (Å²) in [5.41, 5.74) is 1.14. The summed E-state index contributed by atoms with van der Waals surface area (Å²) in [5.74, 6) is -0.182. The van der Waals surface area contributed by atoms with Crippen molar-refractivity contribution in [3.8, 4) is 0 Å². The maximum atomic E-state index is 12.9. The van der Waals surface area contributed by atoms with E-state index < -0.39 is 0 Å². The number of imidazole rings is 1. The minimum atomic E-state index is -0.345. The first-order chi connectivity index (χ1) is 7.56. The Morgan fingerprint density at radius 3 is 2.94 bits per heavy atom. The highest BCUT2D eigenvalue weighted by molar-refractivity contribution is 5.97. The lowest BCUT2D eigenvalue weighted by molar-refractivity contribution is 0.0949. The predicted molar refractivity (Wildman–Crippen MR) is 58.9 cm³/mol. The first kappa shape index (κ1) is 10.8. The molecule has 16 heavy (non-hydrogen) atoms. The maximum absolute atomic E-state index is 12.9. The van der Waals surface area contributed by atoms with Gasteiger partial charge in [0.25, 0.3) is 0 Å². The molecule has 2 rings (SSSR count). The van der Waals surface area contributed by atoms with Gasteiger partial charge in [-0.25, -0.2) is 9.37 Å². The normalized spacial score (nSPS) is 11.2. The summed E-state index contributed by atoms with van der Waals surface area (Å²) in [4.78, 5) is 20.4. The molecule has 1 aromatic heterocycles. The zero-order valence-corrected chi connectivity index (χ0v) is 9.12. The number of aromatic nitrogens is 2. The van der Waals surface area contributed by atoms with Gasteiger partial charge in [0.2, 0.25) is 5.78 Å². The van der Waals surface area contributed by atoms with Gasteiger partial charge in [-0.2, -0.15) is 0 Å². The van der Waals surface area contributed by atoms with E-state index >= 15 is 0 Å². The fourth-order valence-electron chi connectivity index (χ4n) is 1.48. The van der Waals surface area contributed by atoms with Crippen molar-refractivity contribution in [2.45, 2.75) is 0 Å². The standard InChI is InChI=1S/C11H12FN3O/c1-15(2)6-10(16)11-13-8-4-3-7(12)5-9(8)14-11/h3-5H,6H2,1-2H3,(H,13,14). The number of aromatic amines is 1. The minimum absolute atomic E-state index is 0.110. The Morgan fingerprint density at radius 2 is 2.25 bits per heavy atom. The van der Waals surface area contributed by atoms with Gasteiger partial charge in [-0.15, -0.1) is 0 Å². The van der Waals surface area contributed by atoms with Gasteiger partial charge in [-0.3, -0.25) is 4.79 Å². The minimum Gasteiger partial charge on any atom is -0.335 e. The summed E-state index contributed by atoms with van der Waals surface area (Å²) >= 11 is 0. The van der Waals surface area contributed by atoms with Crippen molar-refractivity contribution in [1.29, 1.82) is 0 Å². The molecule has 0 amide bonds. The molecular formula is C11H12FN3O. The van der Waals surface area contributed by atoms with E-state index in [1.54, 1.807) is 25.1 Å². The Hall–Kier alpha value is -1.75. The lowest BCUT2D eigenvalue weighted by Gasteiger charge is -2.05. The number of nitrogens with zero attached hydrogens (tertiary/aromatic N) is 2. The lowest BCUT2D eigenvalue weighted by Crippen LogP contribution is -2.22. The summed E-state index contributed by atoms with van der Waals surface area (Å²) in [6.07, 6.45) is 0. The van der Waals surface area contributed by atoms with Crippen LogP contribution in [0.3, 0.4) is 0 Å². The Bertz CT molecular complexity index is 533. The number of fused-ring (bicyclic) bond motifs is 1. The number of hydrogen-bond acceptors (Lipinski definition) is 3. The van der Waals surface area contributed by atoms with Crippen LogP contribution in [0.25, 0.3) is 11.0 Å². The molecule has 1 N–H and O–H groups in total. The molecule has 0 fully saturated rings. The Labute approximate surface area is 92.1 Å². The van der Waals surface area contributed by atoms with Crippen LogP contribution in [0.1, 0.15) is 10.6 Å². The van der Waals surface area contributed by atoms with Crippen molar-refractivity contribution >= 4 is 16.8 Å². The number of rotatable bonds is 3. The third-order valence-electron chi connectivity index (χ3n) is 2.17. The van der Waals surface area contributed by atoms with E-state index in [0.717, 1.165) is 0 Å². The summed E-state index contributed by atoms with van der Waals surface area (Å²) in [7, 11) is 3.61. The third kappa shape index (κ3) is 2.09. The van der Waals surface area contributed by atoms with Gasteiger partial charge >= 0.3 is 0 Å². The highest BCUT2D eigenvalue weighted by Crippen LogP contribution is 2.13. The molecule has 4 nitrogen and oxygen atoms in total. The summed E-state index contributed by atoms with van der Waals surface area (Å²) < 4.78 is 12.9. The van der Waals surface area contributed by atoms with E-state index in [1.165, 1.54) is 12.1 Å². The predicted octanol–water partition coefficient (Wildman–Crippen LogP) is 1.45. The van der Waals surface area contributed by atoms with Crippen LogP contribution in [0.2, 0.25) is 0 Å². The largest absolute Gasteiger partial charge is 0.335 e. The van der Waals surface area contributed by atoms with Crippen molar-refractivity contribution < 1.29 is 9.18 Å². The van der Waals surface area contributed by atoms with Gasteiger partial charge in [0.05, 0.1) is 17.6 Å². The van der Waals surface area contributed by atoms with E-state index in [2.05, 4.69) is 9.97 Å². The van der Waals surface area contributed by atoms with Gasteiger partial charge < -0.3 is 9.88 Å². The number of carbonyl (C=O) groups is 1. The lowest BCUT2D eigenvalue weighted by atomic mass is 10.3. The second kappa shape index (κ2) is 4.02. The highest BCUT2D eigenvalue weighted by Gasteiger charge is 2.12. The molecule has 0 unspecified atom stereocenters. The van der Waals surface area contributed by atoms with Crippen molar-refractivity contribution in [2.24, 2.45) is 0 Å². The van der Waals surface area contributed by atoms with Crippen LogP contribution < -0.4 is 0 Å². The van der Waals surface area contributed by atoms with Gasteiger partial charge in [0.15, 0.2) is 5.82 Å². The second-order valence-electron chi connectivity index (χ2n) is 3.91. The number of benzene rings is 1. The number of Topliss-reactive ketones (excluding diaryl/α,β-unsaturated/α-hetero) is 1. The Balaban J connectivity index is 2.36. The molecule has 84 valence electrons. The summed E-state index contributed by atoms with van der Waals surface area (Å²) in [6.45, 7) is 0.280. The van der Waals surface area contributed by atoms with Crippen molar-refractivity contribution in [1.82, 2.24) is 14.9 Å². The van der Waals surface area contributed by atoms with Gasteiger partial charge in [0, 0.05) is 0 Å². The molecule has 0 saturated carbocycles. The molecule has 0 spiro atoms. The van der Waals surface area contributed by atoms with Crippen LogP contribution in [0.5, 0.6) is 0 Å². The number of H-pyrrole nitrogens is 1. The van der Waals surface area contributed by atoms with Gasteiger partial charge in [0.1, 0.15) is 5.82 Å². The molecule has 0 atom stereocenters. The molecule has 2 aromatic rings. The topological polar surface area (TPSA) is 49.0 Å². The smallest absolute Gasteiger partial charge is 0.211 e. The van der Waals surface area contributed by atoms with Crippen LogP contribution >= 0.6 is 0 Å². The Morgan fingerprint density at radius 1 is 1.50 bits per heavy atom. The zero-order valence-electron chi connectivity index (χ0n) is 9.12. The van der Waals surface area contributed by atoms with E-state index in [4.69, 9.17) is 0 Å². The van der Waals surface area contributed by atoms with Crippen molar-refractivity contribution in [3.05, 3.63) is 29.8 Å². The molecule has 1 heterocycles. The first-order valence-electron chi connectivity index (χ1n) is 4.89. The van der Waals surface area contributed by atoms with Crippen LogP contribution in [0.4, 0.5) is 4.39 Å². The maximum Gasteiger partial charge on any atom is 0.211 e.